The summed E-state index contributed by atoms with van der Waals surface area (Å²) in [5.41, 5.74) is 1.10. The summed E-state index contributed by atoms with van der Waals surface area (Å²) in [5, 5.41) is 4.04. The van der Waals surface area contributed by atoms with Crippen molar-refractivity contribution in [1.29, 1.82) is 0 Å². The molecule has 3 nitrogen and oxygen atoms in total. The van der Waals surface area contributed by atoms with E-state index in [1.165, 1.54) is 17.8 Å². The van der Waals surface area contributed by atoms with Crippen LogP contribution < -0.4 is 5.32 Å². The van der Waals surface area contributed by atoms with E-state index >= 15 is 0 Å². The zero-order chi connectivity index (χ0) is 14.2. The van der Waals surface area contributed by atoms with Crippen LogP contribution in [0.5, 0.6) is 0 Å². The second-order valence-corrected chi connectivity index (χ2v) is 5.27. The number of nitrogens with one attached hydrogen (secondary N) is 1. The van der Waals surface area contributed by atoms with Gasteiger partial charge in [0.25, 0.3) is 0 Å². The predicted molar refractivity (Wildman–Crippen MR) is 78.3 cm³/mol. The maximum atomic E-state index is 13.5. The lowest BCUT2D eigenvalue weighted by Gasteiger charge is -2.05. The SMILES string of the molecule is COCCNCc1ccc(Sc2ccccc2F)nc1. The fraction of sp³-hybridized carbons (Fsp3) is 0.267. The van der Waals surface area contributed by atoms with Crippen LogP contribution in [0.1, 0.15) is 5.56 Å². The maximum absolute atomic E-state index is 13.5. The summed E-state index contributed by atoms with van der Waals surface area (Å²) >= 11 is 1.33. The van der Waals surface area contributed by atoms with Crippen molar-refractivity contribution in [3.05, 3.63) is 54.0 Å². The lowest BCUT2D eigenvalue weighted by molar-refractivity contribution is 0.199. The van der Waals surface area contributed by atoms with Gasteiger partial charge in [0.15, 0.2) is 0 Å². The highest BCUT2D eigenvalue weighted by Crippen LogP contribution is 2.27. The van der Waals surface area contributed by atoms with Gasteiger partial charge in [-0.05, 0) is 23.8 Å². The van der Waals surface area contributed by atoms with E-state index < -0.39 is 0 Å². The summed E-state index contributed by atoms with van der Waals surface area (Å²) in [7, 11) is 1.68. The Morgan fingerprint density at radius 2 is 2.10 bits per heavy atom. The quantitative estimate of drug-likeness (QED) is 0.795. The third-order valence-corrected chi connectivity index (χ3v) is 3.66. The summed E-state index contributed by atoms with van der Waals surface area (Å²) in [5.74, 6) is -0.218. The summed E-state index contributed by atoms with van der Waals surface area (Å²) in [4.78, 5) is 4.93. The van der Waals surface area contributed by atoms with Gasteiger partial charge in [-0.3, -0.25) is 0 Å². The van der Waals surface area contributed by atoms with Crippen molar-refractivity contribution in [3.63, 3.8) is 0 Å². The van der Waals surface area contributed by atoms with Crippen molar-refractivity contribution in [2.45, 2.75) is 16.5 Å². The van der Waals surface area contributed by atoms with Gasteiger partial charge in [-0.1, -0.05) is 30.0 Å². The standard InChI is InChI=1S/C15H17FN2OS/c1-19-9-8-17-10-12-6-7-15(18-11-12)20-14-5-3-2-4-13(14)16/h2-7,11,17H,8-10H2,1H3. The van der Waals surface area contributed by atoms with Crippen molar-refractivity contribution in [3.8, 4) is 0 Å². The van der Waals surface area contributed by atoms with Gasteiger partial charge in [0.1, 0.15) is 10.8 Å². The van der Waals surface area contributed by atoms with Crippen LogP contribution in [0.3, 0.4) is 0 Å². The molecule has 0 spiro atoms. The number of halogens is 1. The van der Waals surface area contributed by atoms with E-state index in [0.29, 0.717) is 11.5 Å². The molecule has 0 aliphatic heterocycles. The van der Waals surface area contributed by atoms with Crippen molar-refractivity contribution in [2.24, 2.45) is 0 Å². The van der Waals surface area contributed by atoms with Crippen molar-refractivity contribution in [2.75, 3.05) is 20.3 Å². The minimum absolute atomic E-state index is 0.218. The lowest BCUT2D eigenvalue weighted by atomic mass is 10.3. The van der Waals surface area contributed by atoms with Crippen LogP contribution in [0.15, 0.2) is 52.5 Å². The molecule has 106 valence electrons. The molecule has 0 saturated heterocycles. The molecular formula is C15H17FN2OS. The summed E-state index contributed by atoms with van der Waals surface area (Å²) < 4.78 is 18.5. The number of pyridine rings is 1. The zero-order valence-electron chi connectivity index (χ0n) is 11.3. The van der Waals surface area contributed by atoms with Gasteiger partial charge < -0.3 is 10.1 Å². The smallest absolute Gasteiger partial charge is 0.137 e. The number of ether oxygens (including phenoxy) is 1. The van der Waals surface area contributed by atoms with Gasteiger partial charge in [0.2, 0.25) is 0 Å². The van der Waals surface area contributed by atoms with E-state index in [0.717, 1.165) is 23.7 Å². The first-order chi connectivity index (χ1) is 9.79. The molecule has 1 N–H and O–H groups in total. The average molecular weight is 292 g/mol. The first-order valence-electron chi connectivity index (χ1n) is 6.36. The minimum atomic E-state index is -0.218. The largest absolute Gasteiger partial charge is 0.383 e. The molecule has 20 heavy (non-hydrogen) atoms. The molecule has 0 aliphatic carbocycles. The molecule has 1 aromatic carbocycles. The fourth-order valence-corrected chi connectivity index (χ4v) is 2.40. The van der Waals surface area contributed by atoms with Crippen molar-refractivity contribution >= 4 is 11.8 Å². The monoisotopic (exact) mass is 292 g/mol. The van der Waals surface area contributed by atoms with E-state index in [-0.39, 0.29) is 5.82 Å². The molecule has 0 fully saturated rings. The molecule has 0 amide bonds. The van der Waals surface area contributed by atoms with Crippen LogP contribution in [0.2, 0.25) is 0 Å². The van der Waals surface area contributed by atoms with Gasteiger partial charge in [-0.25, -0.2) is 9.37 Å². The Bertz CT molecular complexity index is 534. The zero-order valence-corrected chi connectivity index (χ0v) is 12.1. The molecule has 0 unspecified atom stereocenters. The lowest BCUT2D eigenvalue weighted by Crippen LogP contribution is -2.18. The van der Waals surface area contributed by atoms with E-state index in [1.807, 2.05) is 24.4 Å². The van der Waals surface area contributed by atoms with Gasteiger partial charge in [0, 0.05) is 31.3 Å². The number of nitrogens with zero attached hydrogens (tertiary/aromatic N) is 1. The molecule has 1 heterocycles. The number of aromatic nitrogens is 1. The van der Waals surface area contributed by atoms with Crippen LogP contribution in [-0.4, -0.2) is 25.2 Å². The number of hydrogen-bond acceptors (Lipinski definition) is 4. The van der Waals surface area contributed by atoms with Crippen molar-refractivity contribution < 1.29 is 9.13 Å². The van der Waals surface area contributed by atoms with Crippen LogP contribution in [0.4, 0.5) is 4.39 Å². The van der Waals surface area contributed by atoms with Crippen molar-refractivity contribution in [1.82, 2.24) is 10.3 Å². The highest BCUT2D eigenvalue weighted by molar-refractivity contribution is 7.99. The van der Waals surface area contributed by atoms with Crippen LogP contribution in [0, 0.1) is 5.82 Å². The molecule has 2 rings (SSSR count). The topological polar surface area (TPSA) is 34.1 Å². The minimum Gasteiger partial charge on any atom is -0.383 e. The second-order valence-electron chi connectivity index (χ2n) is 4.21. The number of methoxy groups -OCH3 is 1. The Morgan fingerprint density at radius 1 is 1.25 bits per heavy atom. The Balaban J connectivity index is 1.90. The first kappa shape index (κ1) is 15.0. The molecule has 1 aromatic heterocycles. The normalized spacial score (nSPS) is 10.7. The fourth-order valence-electron chi connectivity index (χ4n) is 1.62. The molecular weight excluding hydrogens is 275 g/mol. The highest BCUT2D eigenvalue weighted by Gasteiger charge is 2.04. The Kier molecular flexibility index (Phi) is 5.98. The molecule has 0 radical (unpaired) electrons. The van der Waals surface area contributed by atoms with Gasteiger partial charge >= 0.3 is 0 Å². The second kappa shape index (κ2) is 7.99. The van der Waals surface area contributed by atoms with Crippen LogP contribution in [0.25, 0.3) is 0 Å². The van der Waals surface area contributed by atoms with Crippen LogP contribution >= 0.6 is 11.8 Å². The molecule has 0 aliphatic rings. The number of rotatable bonds is 7. The predicted octanol–water partition coefficient (Wildman–Crippen LogP) is 3.11. The summed E-state index contributed by atoms with van der Waals surface area (Å²) in [6, 6.07) is 10.6. The van der Waals surface area contributed by atoms with E-state index in [2.05, 4.69) is 10.3 Å². The molecule has 0 saturated carbocycles. The van der Waals surface area contributed by atoms with E-state index in [9.17, 15) is 4.39 Å². The molecule has 0 bridgehead atoms. The first-order valence-corrected chi connectivity index (χ1v) is 7.18. The maximum Gasteiger partial charge on any atom is 0.137 e. The Hall–Kier alpha value is -1.43. The Morgan fingerprint density at radius 3 is 2.80 bits per heavy atom. The number of hydrogen-bond donors (Lipinski definition) is 1. The highest BCUT2D eigenvalue weighted by atomic mass is 32.2. The molecule has 0 atom stereocenters. The average Bonchev–Trinajstić information content (AvgIpc) is 2.48. The van der Waals surface area contributed by atoms with E-state index in [1.54, 1.807) is 19.2 Å². The summed E-state index contributed by atoms with van der Waals surface area (Å²) in [6.07, 6.45) is 1.81. The van der Waals surface area contributed by atoms with Crippen LogP contribution in [-0.2, 0) is 11.3 Å². The molecule has 2 aromatic rings. The number of benzene rings is 1. The summed E-state index contributed by atoms with van der Waals surface area (Å²) in [6.45, 7) is 2.25. The van der Waals surface area contributed by atoms with Gasteiger partial charge in [0.05, 0.1) is 6.61 Å². The molecule has 5 heteroatoms. The third kappa shape index (κ3) is 4.59. The van der Waals surface area contributed by atoms with Gasteiger partial charge in [-0.15, -0.1) is 0 Å². The third-order valence-electron chi connectivity index (χ3n) is 2.66. The Labute approximate surface area is 122 Å². The van der Waals surface area contributed by atoms with Gasteiger partial charge in [-0.2, -0.15) is 0 Å². The van der Waals surface area contributed by atoms with E-state index in [4.69, 9.17) is 4.74 Å².